The van der Waals surface area contributed by atoms with Crippen LogP contribution in [0.2, 0.25) is 5.02 Å². The number of esters is 2. The number of benzene rings is 2. The van der Waals surface area contributed by atoms with E-state index in [0.29, 0.717) is 24.4 Å². The Bertz CT molecular complexity index is 1010. The molecule has 7 heteroatoms. The van der Waals surface area contributed by atoms with Gasteiger partial charge in [0, 0.05) is 36.6 Å². The lowest BCUT2D eigenvalue weighted by Gasteiger charge is -2.40. The number of carbonyl (C=O) groups excluding carboxylic acids is 2. The average molecular weight is 456 g/mol. The molecule has 0 N–H and O–H groups in total. The van der Waals surface area contributed by atoms with Crippen molar-refractivity contribution in [3.05, 3.63) is 82.9 Å². The molecule has 1 fully saturated rings. The summed E-state index contributed by atoms with van der Waals surface area (Å²) >= 11 is 6.10. The standard InChI is InChI=1S/C25H26ClNO5/c1-24(18-6-4-3-5-7-18,19-8-10-20(26)11-9-19)30-17-15-25-21(14-16-27(25)2)31-22(28)12-13-23(29)32-25/h3-13,21H,14-17H2,1-2H3/b13-12+/t21?,24-,25+/m1/s1. The summed E-state index contributed by atoms with van der Waals surface area (Å²) in [4.78, 5) is 26.3. The van der Waals surface area contributed by atoms with Crippen molar-refractivity contribution in [3.8, 4) is 0 Å². The Morgan fingerprint density at radius 2 is 1.72 bits per heavy atom. The fourth-order valence-corrected chi connectivity index (χ4v) is 4.58. The first-order valence-electron chi connectivity index (χ1n) is 10.6. The molecular formula is C25H26ClNO5. The second kappa shape index (κ2) is 9.06. The molecule has 32 heavy (non-hydrogen) atoms. The van der Waals surface area contributed by atoms with E-state index in [-0.39, 0.29) is 6.61 Å². The van der Waals surface area contributed by atoms with E-state index in [1.165, 1.54) is 0 Å². The number of hydrogen-bond donors (Lipinski definition) is 0. The van der Waals surface area contributed by atoms with Crippen LogP contribution in [0.25, 0.3) is 0 Å². The van der Waals surface area contributed by atoms with E-state index < -0.39 is 29.4 Å². The van der Waals surface area contributed by atoms with Crippen LogP contribution in [0.4, 0.5) is 0 Å². The Kier molecular flexibility index (Phi) is 6.38. The molecule has 3 atom stereocenters. The molecule has 0 amide bonds. The maximum absolute atomic E-state index is 12.3. The molecule has 0 radical (unpaired) electrons. The third kappa shape index (κ3) is 4.31. The van der Waals surface area contributed by atoms with Gasteiger partial charge in [0.1, 0.15) is 5.60 Å². The molecule has 2 aliphatic heterocycles. The van der Waals surface area contributed by atoms with E-state index in [0.717, 1.165) is 23.3 Å². The van der Waals surface area contributed by atoms with Gasteiger partial charge in [0.15, 0.2) is 6.10 Å². The van der Waals surface area contributed by atoms with Gasteiger partial charge in [0.25, 0.3) is 0 Å². The number of halogens is 1. The number of carbonyl (C=O) groups is 2. The van der Waals surface area contributed by atoms with Crippen LogP contribution in [0.3, 0.4) is 0 Å². The first-order chi connectivity index (χ1) is 15.3. The molecule has 0 saturated carbocycles. The molecule has 6 nitrogen and oxygen atoms in total. The zero-order chi connectivity index (χ0) is 22.8. The topological polar surface area (TPSA) is 65.1 Å². The summed E-state index contributed by atoms with van der Waals surface area (Å²) in [6.07, 6.45) is 2.58. The van der Waals surface area contributed by atoms with Crippen molar-refractivity contribution >= 4 is 23.5 Å². The lowest BCUT2D eigenvalue weighted by Crippen LogP contribution is -2.54. The normalized spacial score (nSPS) is 26.3. The fourth-order valence-electron chi connectivity index (χ4n) is 4.45. The van der Waals surface area contributed by atoms with Crippen molar-refractivity contribution < 1.29 is 23.8 Å². The third-order valence-corrected chi connectivity index (χ3v) is 6.59. The van der Waals surface area contributed by atoms with Crippen LogP contribution in [-0.4, -0.2) is 48.9 Å². The molecule has 1 saturated heterocycles. The van der Waals surface area contributed by atoms with Crippen LogP contribution in [-0.2, 0) is 29.4 Å². The van der Waals surface area contributed by atoms with E-state index in [1.54, 1.807) is 0 Å². The highest BCUT2D eigenvalue weighted by molar-refractivity contribution is 6.30. The van der Waals surface area contributed by atoms with Gasteiger partial charge < -0.3 is 14.2 Å². The third-order valence-electron chi connectivity index (χ3n) is 6.34. The second-order valence-electron chi connectivity index (χ2n) is 8.24. The maximum Gasteiger partial charge on any atom is 0.332 e. The number of rotatable bonds is 6. The van der Waals surface area contributed by atoms with Gasteiger partial charge in [0.2, 0.25) is 5.72 Å². The van der Waals surface area contributed by atoms with Gasteiger partial charge in [-0.15, -0.1) is 0 Å². The van der Waals surface area contributed by atoms with Crippen molar-refractivity contribution in [2.45, 2.75) is 37.2 Å². The van der Waals surface area contributed by atoms with Gasteiger partial charge in [-0.25, -0.2) is 9.59 Å². The van der Waals surface area contributed by atoms with Crippen molar-refractivity contribution in [1.82, 2.24) is 4.90 Å². The molecule has 4 rings (SSSR count). The van der Waals surface area contributed by atoms with Gasteiger partial charge in [0.05, 0.1) is 6.61 Å². The molecule has 2 aromatic rings. The van der Waals surface area contributed by atoms with Crippen LogP contribution in [0.5, 0.6) is 0 Å². The molecule has 0 aromatic heterocycles. The molecule has 1 unspecified atom stereocenters. The summed E-state index contributed by atoms with van der Waals surface area (Å²) in [5.74, 6) is -1.11. The van der Waals surface area contributed by atoms with Crippen molar-refractivity contribution in [3.63, 3.8) is 0 Å². The molecule has 0 aliphatic carbocycles. The molecule has 2 heterocycles. The van der Waals surface area contributed by atoms with Crippen LogP contribution >= 0.6 is 11.6 Å². The SMILES string of the molecule is CN1CCC2OC(=O)/C=C/C(=O)O[C@@]21CCO[C@](C)(c1ccccc1)c1ccc(Cl)cc1. The van der Waals surface area contributed by atoms with Crippen molar-refractivity contribution in [1.29, 1.82) is 0 Å². The Hall–Kier alpha value is -2.67. The average Bonchev–Trinajstić information content (AvgIpc) is 3.06. The Morgan fingerprint density at radius 1 is 1.06 bits per heavy atom. The van der Waals surface area contributed by atoms with Crippen LogP contribution in [0, 0.1) is 0 Å². The number of likely N-dealkylation sites (N-methyl/N-ethyl adjacent to an activating group) is 1. The van der Waals surface area contributed by atoms with Crippen LogP contribution < -0.4 is 0 Å². The number of nitrogens with zero attached hydrogens (tertiary/aromatic N) is 1. The molecule has 2 aromatic carbocycles. The minimum Gasteiger partial charge on any atom is -0.453 e. The lowest BCUT2D eigenvalue weighted by molar-refractivity contribution is -0.207. The molecular weight excluding hydrogens is 430 g/mol. The van der Waals surface area contributed by atoms with E-state index in [1.807, 2.05) is 73.5 Å². The van der Waals surface area contributed by atoms with E-state index in [2.05, 4.69) is 0 Å². The predicted molar refractivity (Wildman–Crippen MR) is 120 cm³/mol. The van der Waals surface area contributed by atoms with Crippen molar-refractivity contribution in [2.24, 2.45) is 0 Å². The molecule has 0 bridgehead atoms. The van der Waals surface area contributed by atoms with Crippen molar-refractivity contribution in [2.75, 3.05) is 20.2 Å². The Morgan fingerprint density at radius 3 is 2.44 bits per heavy atom. The highest BCUT2D eigenvalue weighted by atomic mass is 35.5. The zero-order valence-corrected chi connectivity index (χ0v) is 18.9. The second-order valence-corrected chi connectivity index (χ2v) is 8.68. The number of likely N-dealkylation sites (tertiary alicyclic amines) is 1. The summed E-state index contributed by atoms with van der Waals surface area (Å²) in [6.45, 7) is 2.91. The molecule has 168 valence electrons. The highest BCUT2D eigenvalue weighted by Gasteiger charge is 2.53. The zero-order valence-electron chi connectivity index (χ0n) is 18.1. The summed E-state index contributed by atoms with van der Waals surface area (Å²) < 4.78 is 17.9. The van der Waals surface area contributed by atoms with Gasteiger partial charge in [-0.05, 0) is 37.2 Å². The largest absolute Gasteiger partial charge is 0.453 e. The first kappa shape index (κ1) is 22.5. The fraction of sp³-hybridized carbons (Fsp3) is 0.360. The Labute approximate surface area is 192 Å². The Balaban J connectivity index is 1.60. The predicted octanol–water partition coefficient (Wildman–Crippen LogP) is 4.07. The number of hydrogen-bond acceptors (Lipinski definition) is 6. The summed E-state index contributed by atoms with van der Waals surface area (Å²) in [7, 11) is 1.86. The summed E-state index contributed by atoms with van der Waals surface area (Å²) in [5, 5.41) is 0.648. The number of fused-ring (bicyclic) bond motifs is 1. The van der Waals surface area contributed by atoms with Crippen LogP contribution in [0.1, 0.15) is 30.9 Å². The maximum atomic E-state index is 12.3. The molecule has 2 aliphatic rings. The van der Waals surface area contributed by atoms with Gasteiger partial charge in [-0.3, -0.25) is 4.90 Å². The van der Waals surface area contributed by atoms with E-state index >= 15 is 0 Å². The van der Waals surface area contributed by atoms with Crippen LogP contribution in [0.15, 0.2) is 66.7 Å². The first-order valence-corrected chi connectivity index (χ1v) is 11.0. The summed E-state index contributed by atoms with van der Waals surface area (Å²) in [6, 6.07) is 17.5. The quantitative estimate of drug-likeness (QED) is 0.612. The minimum absolute atomic E-state index is 0.267. The summed E-state index contributed by atoms with van der Waals surface area (Å²) in [5.41, 5.74) is 0.109. The van der Waals surface area contributed by atoms with Gasteiger partial charge >= 0.3 is 11.9 Å². The monoisotopic (exact) mass is 455 g/mol. The highest BCUT2D eigenvalue weighted by Crippen LogP contribution is 2.39. The van der Waals surface area contributed by atoms with Gasteiger partial charge in [-0.2, -0.15) is 0 Å². The molecule has 0 spiro atoms. The smallest absolute Gasteiger partial charge is 0.332 e. The van der Waals surface area contributed by atoms with E-state index in [4.69, 9.17) is 25.8 Å². The lowest BCUT2D eigenvalue weighted by atomic mass is 9.88. The van der Waals surface area contributed by atoms with Gasteiger partial charge in [-0.1, -0.05) is 54.1 Å². The number of ether oxygens (including phenoxy) is 3. The minimum atomic E-state index is -1.07. The van der Waals surface area contributed by atoms with E-state index in [9.17, 15) is 9.59 Å².